The largest absolute Gasteiger partial charge is 0.422 e. The van der Waals surface area contributed by atoms with Crippen molar-refractivity contribution in [2.75, 3.05) is 37.6 Å². The summed E-state index contributed by atoms with van der Waals surface area (Å²) in [6.45, 7) is 10.5. The van der Waals surface area contributed by atoms with Gasteiger partial charge in [-0.25, -0.2) is 9.78 Å². The molecule has 2 N–H and O–H groups in total. The molecule has 0 bridgehead atoms. The van der Waals surface area contributed by atoms with Gasteiger partial charge < -0.3 is 19.5 Å². The van der Waals surface area contributed by atoms with Gasteiger partial charge in [-0.3, -0.25) is 9.88 Å². The molecular formula is C24H28N6O2. The molecule has 1 atom stereocenters. The van der Waals surface area contributed by atoms with Crippen LogP contribution in [-0.2, 0) is 0 Å². The zero-order valence-corrected chi connectivity index (χ0v) is 18.7. The van der Waals surface area contributed by atoms with Crippen molar-refractivity contribution in [1.29, 1.82) is 0 Å². The molecule has 0 aliphatic carbocycles. The molecule has 4 heterocycles. The van der Waals surface area contributed by atoms with E-state index in [1.165, 1.54) is 0 Å². The molecule has 0 saturated carbocycles. The molecule has 0 amide bonds. The number of anilines is 1. The third-order valence-corrected chi connectivity index (χ3v) is 6.27. The number of nitrogens with zero attached hydrogens (tertiary/aromatic N) is 5. The SMILES string of the molecule is Cc1cn2cc(-c3cc4ccc(N5CCN(CCN)[C@@H](C)C5)cc4oc3=O)nc2c(C)n1. The number of piperazine rings is 1. The minimum absolute atomic E-state index is 0.387. The highest BCUT2D eigenvalue weighted by molar-refractivity contribution is 5.84. The molecule has 4 aromatic rings. The lowest BCUT2D eigenvalue weighted by molar-refractivity contribution is 0.195. The van der Waals surface area contributed by atoms with Crippen molar-refractivity contribution in [3.05, 3.63) is 58.5 Å². The van der Waals surface area contributed by atoms with E-state index in [9.17, 15) is 4.79 Å². The fourth-order valence-electron chi connectivity index (χ4n) is 4.64. The van der Waals surface area contributed by atoms with Crippen molar-refractivity contribution in [3.8, 4) is 11.3 Å². The molecule has 0 unspecified atom stereocenters. The molecule has 1 aliphatic rings. The number of nitrogens with two attached hydrogens (primary N) is 1. The molecule has 8 heteroatoms. The number of fused-ring (bicyclic) bond motifs is 2. The summed E-state index contributed by atoms with van der Waals surface area (Å²) < 4.78 is 7.65. The maximum Gasteiger partial charge on any atom is 0.345 e. The maximum atomic E-state index is 12.9. The number of imidazole rings is 1. The lowest BCUT2D eigenvalue weighted by Gasteiger charge is -2.40. The first-order chi connectivity index (χ1) is 15.4. The molecule has 0 radical (unpaired) electrons. The van der Waals surface area contributed by atoms with E-state index < -0.39 is 0 Å². The van der Waals surface area contributed by atoms with Crippen LogP contribution in [0.3, 0.4) is 0 Å². The minimum atomic E-state index is -0.387. The van der Waals surface area contributed by atoms with Crippen molar-refractivity contribution in [3.63, 3.8) is 0 Å². The van der Waals surface area contributed by atoms with Crippen LogP contribution in [0.5, 0.6) is 0 Å². The predicted molar refractivity (Wildman–Crippen MR) is 126 cm³/mol. The first kappa shape index (κ1) is 20.7. The van der Waals surface area contributed by atoms with Gasteiger partial charge in [0.15, 0.2) is 5.65 Å². The standard InChI is InChI=1S/C24H28N6O2/c1-15-12-30-14-21(27-23(30)17(3)26-15)20-10-18-4-5-19(11-22(18)32-24(20)31)29-9-8-28(7-6-25)16(2)13-29/h4-5,10-12,14,16H,6-9,13,25H2,1-3H3/t16-/m0/s1. The van der Waals surface area contributed by atoms with E-state index >= 15 is 0 Å². The zero-order chi connectivity index (χ0) is 22.4. The van der Waals surface area contributed by atoms with E-state index in [0.717, 1.165) is 54.3 Å². The summed E-state index contributed by atoms with van der Waals surface area (Å²) in [7, 11) is 0. The zero-order valence-electron chi connectivity index (χ0n) is 18.7. The van der Waals surface area contributed by atoms with Gasteiger partial charge in [0.1, 0.15) is 5.58 Å². The average molecular weight is 433 g/mol. The van der Waals surface area contributed by atoms with E-state index in [-0.39, 0.29) is 5.63 Å². The summed E-state index contributed by atoms with van der Waals surface area (Å²) in [5.74, 6) is 0. The van der Waals surface area contributed by atoms with Crippen LogP contribution in [0.25, 0.3) is 27.9 Å². The second kappa shape index (κ2) is 8.03. The molecule has 1 aliphatic heterocycles. The summed E-state index contributed by atoms with van der Waals surface area (Å²) in [6.07, 6.45) is 3.76. The van der Waals surface area contributed by atoms with Crippen molar-refractivity contribution in [2.24, 2.45) is 5.73 Å². The third kappa shape index (κ3) is 3.65. The summed E-state index contributed by atoms with van der Waals surface area (Å²) in [5, 5.41) is 0.876. The highest BCUT2D eigenvalue weighted by atomic mass is 16.4. The van der Waals surface area contributed by atoms with Crippen LogP contribution < -0.4 is 16.3 Å². The number of hydrogen-bond acceptors (Lipinski definition) is 7. The van der Waals surface area contributed by atoms with Gasteiger partial charge in [-0.2, -0.15) is 0 Å². The average Bonchev–Trinajstić information content (AvgIpc) is 3.18. The summed E-state index contributed by atoms with van der Waals surface area (Å²) in [5.41, 5.74) is 10.5. The van der Waals surface area contributed by atoms with Crippen molar-refractivity contribution >= 4 is 22.3 Å². The Morgan fingerprint density at radius 1 is 1.16 bits per heavy atom. The second-order valence-corrected chi connectivity index (χ2v) is 8.61. The number of aromatic nitrogens is 3. The van der Waals surface area contributed by atoms with Crippen molar-refractivity contribution < 1.29 is 4.42 Å². The Bertz CT molecular complexity index is 1360. The van der Waals surface area contributed by atoms with Gasteiger partial charge in [0.2, 0.25) is 0 Å². The van der Waals surface area contributed by atoms with Crippen LogP contribution in [-0.4, -0.2) is 58.0 Å². The highest BCUT2D eigenvalue weighted by Crippen LogP contribution is 2.27. The van der Waals surface area contributed by atoms with E-state index in [1.54, 1.807) is 0 Å². The van der Waals surface area contributed by atoms with E-state index in [4.69, 9.17) is 10.2 Å². The normalized spacial score (nSPS) is 17.5. The van der Waals surface area contributed by atoms with Gasteiger partial charge in [-0.15, -0.1) is 0 Å². The third-order valence-electron chi connectivity index (χ3n) is 6.27. The van der Waals surface area contributed by atoms with Crippen LogP contribution in [0.15, 0.2) is 45.9 Å². The van der Waals surface area contributed by atoms with E-state index in [0.29, 0.717) is 29.4 Å². The van der Waals surface area contributed by atoms with Crippen LogP contribution in [0.1, 0.15) is 18.3 Å². The molecule has 1 saturated heterocycles. The lowest BCUT2D eigenvalue weighted by atomic mass is 10.1. The Morgan fingerprint density at radius 3 is 2.78 bits per heavy atom. The predicted octanol–water partition coefficient (Wildman–Crippen LogP) is 2.59. The quantitative estimate of drug-likeness (QED) is 0.496. The number of hydrogen-bond donors (Lipinski definition) is 1. The monoisotopic (exact) mass is 432 g/mol. The Morgan fingerprint density at radius 2 is 2.00 bits per heavy atom. The molecule has 166 valence electrons. The summed E-state index contributed by atoms with van der Waals surface area (Å²) >= 11 is 0. The van der Waals surface area contributed by atoms with Gasteiger partial charge in [-0.1, -0.05) is 0 Å². The maximum absolute atomic E-state index is 12.9. The molecule has 0 spiro atoms. The minimum Gasteiger partial charge on any atom is -0.422 e. The number of aryl methyl sites for hydroxylation is 2. The van der Waals surface area contributed by atoms with Gasteiger partial charge >= 0.3 is 5.63 Å². The molecule has 1 aromatic carbocycles. The Kier molecular flexibility index (Phi) is 5.19. The molecular weight excluding hydrogens is 404 g/mol. The summed E-state index contributed by atoms with van der Waals surface area (Å²) in [4.78, 5) is 26.7. The Labute approximate surface area is 186 Å². The van der Waals surface area contributed by atoms with E-state index in [1.807, 2.05) is 48.8 Å². The van der Waals surface area contributed by atoms with E-state index in [2.05, 4.69) is 32.8 Å². The lowest BCUT2D eigenvalue weighted by Crippen LogP contribution is -2.53. The molecule has 5 rings (SSSR count). The molecule has 32 heavy (non-hydrogen) atoms. The van der Waals surface area contributed by atoms with Gasteiger partial charge in [0, 0.05) is 68.3 Å². The van der Waals surface area contributed by atoms with Gasteiger partial charge in [-0.05, 0) is 39.0 Å². The Hall–Kier alpha value is -3.23. The van der Waals surface area contributed by atoms with Gasteiger partial charge in [0.25, 0.3) is 0 Å². The van der Waals surface area contributed by atoms with Crippen LogP contribution in [0.2, 0.25) is 0 Å². The molecule has 3 aromatic heterocycles. The number of benzene rings is 1. The summed E-state index contributed by atoms with van der Waals surface area (Å²) in [6, 6.07) is 8.37. The molecule has 1 fully saturated rings. The van der Waals surface area contributed by atoms with Crippen molar-refractivity contribution in [2.45, 2.75) is 26.8 Å². The fourth-order valence-corrected chi connectivity index (χ4v) is 4.64. The van der Waals surface area contributed by atoms with Crippen LogP contribution >= 0.6 is 0 Å². The van der Waals surface area contributed by atoms with Crippen LogP contribution in [0.4, 0.5) is 5.69 Å². The first-order valence-electron chi connectivity index (χ1n) is 11.0. The topological polar surface area (TPSA) is 92.9 Å². The first-order valence-corrected chi connectivity index (χ1v) is 11.0. The van der Waals surface area contributed by atoms with Crippen molar-refractivity contribution in [1.82, 2.24) is 19.3 Å². The number of rotatable bonds is 4. The Balaban J connectivity index is 1.48. The smallest absolute Gasteiger partial charge is 0.345 e. The second-order valence-electron chi connectivity index (χ2n) is 8.61. The van der Waals surface area contributed by atoms with Gasteiger partial charge in [0.05, 0.1) is 22.6 Å². The van der Waals surface area contributed by atoms with Crippen LogP contribution in [0, 0.1) is 13.8 Å². The highest BCUT2D eigenvalue weighted by Gasteiger charge is 2.23. The fraction of sp³-hybridized carbons (Fsp3) is 0.375. The molecule has 8 nitrogen and oxygen atoms in total.